The Kier molecular flexibility index (Phi) is 4.49. The molecule has 3 aliphatic rings. The molecule has 1 aromatic rings. The zero-order valence-electron chi connectivity index (χ0n) is 14.7. The summed E-state index contributed by atoms with van der Waals surface area (Å²) in [5.41, 5.74) is 2.19. The number of rotatable bonds is 4. The van der Waals surface area contributed by atoms with E-state index in [1.807, 2.05) is 12.1 Å². The molecule has 4 rings (SSSR count). The van der Waals surface area contributed by atoms with Crippen molar-refractivity contribution in [3.63, 3.8) is 0 Å². The van der Waals surface area contributed by atoms with Gasteiger partial charge in [0.05, 0.1) is 0 Å². The summed E-state index contributed by atoms with van der Waals surface area (Å²) >= 11 is 0. The Hall–Kier alpha value is -1.55. The van der Waals surface area contributed by atoms with Crippen molar-refractivity contribution in [1.82, 2.24) is 4.90 Å². The molecule has 1 heterocycles. The summed E-state index contributed by atoms with van der Waals surface area (Å²) in [7, 11) is 2.17. The van der Waals surface area contributed by atoms with Crippen LogP contribution >= 0.6 is 0 Å². The highest BCUT2D eigenvalue weighted by Gasteiger charge is 2.40. The fraction of sp³-hybridized carbons (Fsp3) is 0.650. The molecular formula is C20H29N3O. The fourth-order valence-electron chi connectivity index (χ4n) is 4.90. The third-order valence-electron chi connectivity index (χ3n) is 6.35. The zero-order valence-corrected chi connectivity index (χ0v) is 14.7. The van der Waals surface area contributed by atoms with Crippen molar-refractivity contribution in [1.29, 1.82) is 0 Å². The first kappa shape index (κ1) is 15.9. The summed E-state index contributed by atoms with van der Waals surface area (Å²) in [6.45, 7) is 4.38. The van der Waals surface area contributed by atoms with E-state index in [1.54, 1.807) is 0 Å². The van der Waals surface area contributed by atoms with Crippen LogP contribution < -0.4 is 10.2 Å². The van der Waals surface area contributed by atoms with Gasteiger partial charge in [-0.25, -0.2) is 0 Å². The summed E-state index contributed by atoms with van der Waals surface area (Å²) in [5, 5.41) is 3.10. The van der Waals surface area contributed by atoms with Crippen LogP contribution in [0.5, 0.6) is 0 Å². The van der Waals surface area contributed by atoms with Crippen LogP contribution in [0.15, 0.2) is 24.3 Å². The molecule has 2 saturated carbocycles. The van der Waals surface area contributed by atoms with Crippen molar-refractivity contribution in [3.05, 3.63) is 24.3 Å². The molecule has 1 amide bonds. The molecule has 0 spiro atoms. The predicted octanol–water partition coefficient (Wildman–Crippen LogP) is 3.20. The van der Waals surface area contributed by atoms with Gasteiger partial charge in [-0.15, -0.1) is 0 Å². The van der Waals surface area contributed by atoms with E-state index in [0.29, 0.717) is 12.3 Å². The number of hydrogen-bond donors (Lipinski definition) is 1. The van der Waals surface area contributed by atoms with Crippen molar-refractivity contribution >= 4 is 17.3 Å². The minimum Gasteiger partial charge on any atom is -0.369 e. The number of piperazine rings is 1. The van der Waals surface area contributed by atoms with Gasteiger partial charge >= 0.3 is 0 Å². The molecule has 1 aliphatic heterocycles. The summed E-state index contributed by atoms with van der Waals surface area (Å²) < 4.78 is 0. The second-order valence-electron chi connectivity index (χ2n) is 8.02. The van der Waals surface area contributed by atoms with E-state index in [-0.39, 0.29) is 5.91 Å². The number of nitrogens with one attached hydrogen (secondary N) is 1. The number of nitrogens with zero attached hydrogens (tertiary/aromatic N) is 2. The second kappa shape index (κ2) is 6.75. The standard InChI is InChI=1S/C20H29N3O/c1-22-8-10-23(11-9-22)19-6-4-18(5-7-19)21-20(24)14-17-13-15-2-3-16(17)12-15/h4-7,15-17H,2-3,8-14H2,1H3,(H,21,24)/t15-,16-,17-/m1/s1. The van der Waals surface area contributed by atoms with Gasteiger partial charge in [0.25, 0.3) is 0 Å². The highest BCUT2D eigenvalue weighted by molar-refractivity contribution is 5.91. The Labute approximate surface area is 145 Å². The molecule has 1 saturated heterocycles. The van der Waals surface area contributed by atoms with E-state index in [4.69, 9.17) is 0 Å². The topological polar surface area (TPSA) is 35.6 Å². The van der Waals surface area contributed by atoms with Crippen molar-refractivity contribution in [2.75, 3.05) is 43.4 Å². The maximum atomic E-state index is 12.3. The molecule has 0 radical (unpaired) electrons. The highest BCUT2D eigenvalue weighted by atomic mass is 16.1. The maximum Gasteiger partial charge on any atom is 0.224 e. The van der Waals surface area contributed by atoms with Crippen LogP contribution in [-0.4, -0.2) is 44.0 Å². The first-order chi connectivity index (χ1) is 11.7. The maximum absolute atomic E-state index is 12.3. The first-order valence-electron chi connectivity index (χ1n) is 9.51. The quantitative estimate of drug-likeness (QED) is 0.922. The van der Waals surface area contributed by atoms with Crippen molar-refractivity contribution in [3.8, 4) is 0 Å². The molecule has 3 atom stereocenters. The van der Waals surface area contributed by atoms with Gasteiger partial charge in [-0.05, 0) is 68.3 Å². The van der Waals surface area contributed by atoms with Crippen LogP contribution in [-0.2, 0) is 4.79 Å². The summed E-state index contributed by atoms with van der Waals surface area (Å²) in [4.78, 5) is 17.1. The van der Waals surface area contributed by atoms with Crippen LogP contribution in [0.1, 0.15) is 32.1 Å². The Morgan fingerprint density at radius 3 is 2.46 bits per heavy atom. The number of carbonyl (C=O) groups excluding carboxylic acids is 1. The largest absolute Gasteiger partial charge is 0.369 e. The van der Waals surface area contributed by atoms with Crippen LogP contribution in [0, 0.1) is 17.8 Å². The van der Waals surface area contributed by atoms with Gasteiger partial charge < -0.3 is 15.1 Å². The Morgan fingerprint density at radius 1 is 1.08 bits per heavy atom. The molecule has 0 unspecified atom stereocenters. The number of anilines is 2. The summed E-state index contributed by atoms with van der Waals surface area (Å²) in [6, 6.07) is 8.37. The number of benzene rings is 1. The van der Waals surface area contributed by atoms with Gasteiger partial charge in [0.1, 0.15) is 0 Å². The molecule has 4 heteroatoms. The molecule has 130 valence electrons. The Balaban J connectivity index is 1.29. The smallest absolute Gasteiger partial charge is 0.224 e. The van der Waals surface area contributed by atoms with E-state index >= 15 is 0 Å². The third-order valence-corrected chi connectivity index (χ3v) is 6.35. The molecule has 24 heavy (non-hydrogen) atoms. The lowest BCUT2D eigenvalue weighted by atomic mass is 9.86. The number of amides is 1. The van der Waals surface area contributed by atoms with Gasteiger partial charge in [0.15, 0.2) is 0 Å². The summed E-state index contributed by atoms with van der Waals surface area (Å²) in [5.74, 6) is 2.56. The van der Waals surface area contributed by atoms with E-state index in [0.717, 1.165) is 43.7 Å². The number of fused-ring (bicyclic) bond motifs is 2. The van der Waals surface area contributed by atoms with Crippen molar-refractivity contribution in [2.45, 2.75) is 32.1 Å². The SMILES string of the molecule is CN1CCN(c2ccc(NC(=O)C[C@H]3C[C@@H]4CC[C@@H]3C4)cc2)CC1. The average molecular weight is 327 g/mol. The number of likely N-dealkylation sites (N-methyl/N-ethyl adjacent to an activating group) is 1. The minimum absolute atomic E-state index is 0.194. The van der Waals surface area contributed by atoms with Gasteiger partial charge in [-0.3, -0.25) is 4.79 Å². The predicted molar refractivity (Wildman–Crippen MR) is 98.3 cm³/mol. The molecule has 2 bridgehead atoms. The molecule has 0 aromatic heterocycles. The van der Waals surface area contributed by atoms with Crippen LogP contribution in [0.3, 0.4) is 0 Å². The molecule has 2 aliphatic carbocycles. The van der Waals surface area contributed by atoms with E-state index in [1.165, 1.54) is 31.4 Å². The van der Waals surface area contributed by atoms with Crippen molar-refractivity contribution < 1.29 is 4.79 Å². The van der Waals surface area contributed by atoms with Gasteiger partial charge in [0.2, 0.25) is 5.91 Å². The fourth-order valence-corrected chi connectivity index (χ4v) is 4.90. The summed E-state index contributed by atoms with van der Waals surface area (Å²) in [6.07, 6.45) is 6.11. The van der Waals surface area contributed by atoms with E-state index < -0.39 is 0 Å². The first-order valence-corrected chi connectivity index (χ1v) is 9.51. The van der Waals surface area contributed by atoms with E-state index in [9.17, 15) is 4.79 Å². The number of carbonyl (C=O) groups is 1. The van der Waals surface area contributed by atoms with Crippen molar-refractivity contribution in [2.24, 2.45) is 17.8 Å². The zero-order chi connectivity index (χ0) is 16.5. The normalized spacial score (nSPS) is 29.9. The van der Waals surface area contributed by atoms with Gasteiger partial charge in [-0.1, -0.05) is 6.42 Å². The lowest BCUT2D eigenvalue weighted by Gasteiger charge is -2.34. The molecular weight excluding hydrogens is 298 g/mol. The lowest BCUT2D eigenvalue weighted by molar-refractivity contribution is -0.117. The number of hydrogen-bond acceptors (Lipinski definition) is 3. The second-order valence-corrected chi connectivity index (χ2v) is 8.02. The van der Waals surface area contributed by atoms with Crippen LogP contribution in [0.25, 0.3) is 0 Å². The average Bonchev–Trinajstić information content (AvgIpc) is 3.19. The molecule has 4 nitrogen and oxygen atoms in total. The highest BCUT2D eigenvalue weighted by Crippen LogP contribution is 2.49. The van der Waals surface area contributed by atoms with E-state index in [2.05, 4.69) is 34.3 Å². The monoisotopic (exact) mass is 327 g/mol. The Bertz CT molecular complexity index is 577. The van der Waals surface area contributed by atoms with Gasteiger partial charge in [0, 0.05) is 44.0 Å². The van der Waals surface area contributed by atoms with Crippen LogP contribution in [0.4, 0.5) is 11.4 Å². The molecule has 3 fully saturated rings. The third kappa shape index (κ3) is 3.44. The minimum atomic E-state index is 0.194. The lowest BCUT2D eigenvalue weighted by Crippen LogP contribution is -2.44. The molecule has 1 N–H and O–H groups in total. The molecule has 1 aromatic carbocycles. The van der Waals surface area contributed by atoms with Gasteiger partial charge in [-0.2, -0.15) is 0 Å². The van der Waals surface area contributed by atoms with Crippen LogP contribution in [0.2, 0.25) is 0 Å². The Morgan fingerprint density at radius 2 is 1.83 bits per heavy atom.